The first-order chi connectivity index (χ1) is 7.65. The second-order valence-electron chi connectivity index (χ2n) is 3.41. The molecule has 1 aromatic carbocycles. The van der Waals surface area contributed by atoms with E-state index in [1.807, 2.05) is 18.2 Å². The Labute approximate surface area is 112 Å². The lowest BCUT2D eigenvalue weighted by Crippen LogP contribution is -1.97. The molecule has 1 N–H and O–H groups in total. The van der Waals surface area contributed by atoms with Crippen LogP contribution >= 0.6 is 39.1 Å². The summed E-state index contributed by atoms with van der Waals surface area (Å²) in [5.74, 6) is 0.871. The molecule has 0 aliphatic rings. The topological polar surface area (TPSA) is 28.7 Å². The van der Waals surface area contributed by atoms with E-state index in [2.05, 4.69) is 25.9 Å². The molecular formula is C11H9BrCl2N2. The van der Waals surface area contributed by atoms with E-state index < -0.39 is 0 Å². The summed E-state index contributed by atoms with van der Waals surface area (Å²) < 4.78 is 0.931. The normalized spacial score (nSPS) is 12.7. The molecule has 0 fully saturated rings. The Kier molecular flexibility index (Phi) is 3.90. The predicted molar refractivity (Wildman–Crippen MR) is 70.0 cm³/mol. The molecule has 0 radical (unpaired) electrons. The van der Waals surface area contributed by atoms with Gasteiger partial charge in [-0.05, 0) is 23.8 Å². The molecule has 2 rings (SSSR count). The molecule has 5 heteroatoms. The fourth-order valence-corrected chi connectivity index (χ4v) is 2.61. The molecule has 1 aromatic heterocycles. The molecule has 0 saturated carbocycles. The van der Waals surface area contributed by atoms with Gasteiger partial charge in [0.1, 0.15) is 5.82 Å². The van der Waals surface area contributed by atoms with Crippen LogP contribution in [0.3, 0.4) is 0 Å². The molecule has 1 atom stereocenters. The van der Waals surface area contributed by atoms with Gasteiger partial charge >= 0.3 is 0 Å². The molecule has 16 heavy (non-hydrogen) atoms. The molecule has 0 aliphatic carbocycles. The first-order valence-corrected chi connectivity index (χ1v) is 6.34. The van der Waals surface area contributed by atoms with Crippen LogP contribution in [0.15, 0.2) is 35.1 Å². The summed E-state index contributed by atoms with van der Waals surface area (Å²) in [5.41, 5.74) is 0.984. The number of imidazole rings is 1. The largest absolute Gasteiger partial charge is 0.349 e. The minimum Gasteiger partial charge on any atom is -0.349 e. The smallest absolute Gasteiger partial charge is 0.107 e. The highest BCUT2D eigenvalue weighted by Crippen LogP contribution is 2.29. The van der Waals surface area contributed by atoms with Gasteiger partial charge < -0.3 is 4.98 Å². The highest BCUT2D eigenvalue weighted by molar-refractivity contribution is 9.10. The zero-order valence-corrected chi connectivity index (χ0v) is 11.4. The Balaban J connectivity index is 2.17. The number of hydrogen-bond acceptors (Lipinski definition) is 1. The summed E-state index contributed by atoms with van der Waals surface area (Å²) in [6.45, 7) is 0. The Morgan fingerprint density at radius 2 is 2.19 bits per heavy atom. The Bertz CT molecular complexity index is 451. The summed E-state index contributed by atoms with van der Waals surface area (Å²) in [7, 11) is 0. The summed E-state index contributed by atoms with van der Waals surface area (Å²) in [4.78, 5) is 7.17. The van der Waals surface area contributed by atoms with Crippen molar-refractivity contribution in [3.05, 3.63) is 51.5 Å². The van der Waals surface area contributed by atoms with Crippen LogP contribution in [0.1, 0.15) is 16.8 Å². The average molecular weight is 320 g/mol. The van der Waals surface area contributed by atoms with Crippen molar-refractivity contribution in [1.82, 2.24) is 9.97 Å². The van der Waals surface area contributed by atoms with Crippen molar-refractivity contribution in [1.29, 1.82) is 0 Å². The van der Waals surface area contributed by atoms with E-state index in [-0.39, 0.29) is 5.38 Å². The third kappa shape index (κ3) is 3.00. The number of aromatic nitrogens is 2. The van der Waals surface area contributed by atoms with E-state index >= 15 is 0 Å². The molecule has 0 aliphatic heterocycles. The minimum absolute atomic E-state index is 0.138. The number of hydrogen-bond donors (Lipinski definition) is 1. The standard InChI is InChI=1S/C11H9BrCl2N2/c12-8-3-7(4-9(13)5-8)10(14)6-11-15-1-2-16-11/h1-5,10H,6H2,(H,15,16). The van der Waals surface area contributed by atoms with E-state index in [0.29, 0.717) is 11.4 Å². The second kappa shape index (κ2) is 5.21. The van der Waals surface area contributed by atoms with E-state index in [0.717, 1.165) is 15.9 Å². The van der Waals surface area contributed by atoms with E-state index in [9.17, 15) is 0 Å². The van der Waals surface area contributed by atoms with Gasteiger partial charge in [0, 0.05) is 28.3 Å². The van der Waals surface area contributed by atoms with Gasteiger partial charge in [0.05, 0.1) is 5.38 Å². The summed E-state index contributed by atoms with van der Waals surface area (Å²) >= 11 is 15.7. The van der Waals surface area contributed by atoms with Crippen molar-refractivity contribution >= 4 is 39.1 Å². The molecule has 2 aromatic rings. The van der Waals surface area contributed by atoms with E-state index in [1.54, 1.807) is 12.4 Å². The number of aromatic amines is 1. The lowest BCUT2D eigenvalue weighted by Gasteiger charge is -2.09. The fourth-order valence-electron chi connectivity index (χ4n) is 1.45. The van der Waals surface area contributed by atoms with Crippen molar-refractivity contribution in [3.63, 3.8) is 0 Å². The van der Waals surface area contributed by atoms with Gasteiger partial charge in [-0.2, -0.15) is 0 Å². The maximum atomic E-state index is 6.30. The molecule has 1 unspecified atom stereocenters. The van der Waals surface area contributed by atoms with Crippen molar-refractivity contribution in [2.24, 2.45) is 0 Å². The van der Waals surface area contributed by atoms with E-state index in [4.69, 9.17) is 23.2 Å². The summed E-state index contributed by atoms with van der Waals surface area (Å²) in [5, 5.41) is 0.538. The van der Waals surface area contributed by atoms with Crippen molar-refractivity contribution in [2.45, 2.75) is 11.8 Å². The second-order valence-corrected chi connectivity index (χ2v) is 5.29. The van der Waals surface area contributed by atoms with Gasteiger partial charge in [0.15, 0.2) is 0 Å². The first kappa shape index (κ1) is 12.0. The molecule has 0 spiro atoms. The monoisotopic (exact) mass is 318 g/mol. The maximum absolute atomic E-state index is 6.30. The summed E-state index contributed by atoms with van der Waals surface area (Å²) in [6, 6.07) is 5.67. The van der Waals surface area contributed by atoms with Crippen LogP contribution in [0.4, 0.5) is 0 Å². The van der Waals surface area contributed by atoms with Crippen LogP contribution in [0, 0.1) is 0 Å². The first-order valence-electron chi connectivity index (χ1n) is 4.73. The number of nitrogens with zero attached hydrogens (tertiary/aromatic N) is 1. The number of halogens is 3. The molecule has 2 nitrogen and oxygen atoms in total. The van der Waals surface area contributed by atoms with Gasteiger partial charge in [-0.1, -0.05) is 27.5 Å². The Hall–Kier alpha value is -0.510. The van der Waals surface area contributed by atoms with E-state index in [1.165, 1.54) is 0 Å². The minimum atomic E-state index is -0.138. The molecule has 0 amide bonds. The number of alkyl halides is 1. The zero-order chi connectivity index (χ0) is 11.5. The maximum Gasteiger partial charge on any atom is 0.107 e. The van der Waals surface area contributed by atoms with Crippen molar-refractivity contribution < 1.29 is 0 Å². The number of rotatable bonds is 3. The van der Waals surface area contributed by atoms with Gasteiger partial charge in [-0.25, -0.2) is 4.98 Å². The molecule has 0 bridgehead atoms. The highest BCUT2D eigenvalue weighted by atomic mass is 79.9. The quantitative estimate of drug-likeness (QED) is 0.837. The van der Waals surface area contributed by atoms with Gasteiger partial charge in [0.2, 0.25) is 0 Å². The Morgan fingerprint density at radius 3 is 2.81 bits per heavy atom. The third-order valence-corrected chi connectivity index (χ3v) is 3.26. The van der Waals surface area contributed by atoms with Crippen LogP contribution in [0.5, 0.6) is 0 Å². The average Bonchev–Trinajstić information content (AvgIpc) is 2.68. The number of benzene rings is 1. The van der Waals surface area contributed by atoms with Gasteiger partial charge in [-0.3, -0.25) is 0 Å². The molecule has 0 saturated heterocycles. The molecule has 1 heterocycles. The fraction of sp³-hybridized carbons (Fsp3) is 0.182. The van der Waals surface area contributed by atoms with Crippen LogP contribution in [0.2, 0.25) is 5.02 Å². The number of H-pyrrole nitrogens is 1. The zero-order valence-electron chi connectivity index (χ0n) is 8.25. The summed E-state index contributed by atoms with van der Waals surface area (Å²) in [6.07, 6.45) is 4.15. The molecular weight excluding hydrogens is 311 g/mol. The predicted octanol–water partition coefficient (Wildman–Crippen LogP) is 4.35. The lowest BCUT2D eigenvalue weighted by molar-refractivity contribution is 0.854. The lowest BCUT2D eigenvalue weighted by atomic mass is 10.1. The van der Waals surface area contributed by atoms with Crippen molar-refractivity contribution in [2.75, 3.05) is 0 Å². The molecule has 84 valence electrons. The van der Waals surface area contributed by atoms with Crippen LogP contribution in [0.25, 0.3) is 0 Å². The van der Waals surface area contributed by atoms with Gasteiger partial charge in [-0.15, -0.1) is 11.6 Å². The SMILES string of the molecule is Clc1cc(Br)cc(C(Cl)Cc2ncc[nH]2)c1. The third-order valence-electron chi connectivity index (χ3n) is 2.17. The Morgan fingerprint density at radius 1 is 1.38 bits per heavy atom. The van der Waals surface area contributed by atoms with Crippen LogP contribution < -0.4 is 0 Å². The highest BCUT2D eigenvalue weighted by Gasteiger charge is 2.11. The van der Waals surface area contributed by atoms with Gasteiger partial charge in [0.25, 0.3) is 0 Å². The van der Waals surface area contributed by atoms with Crippen LogP contribution in [-0.4, -0.2) is 9.97 Å². The number of nitrogens with one attached hydrogen (secondary N) is 1. The van der Waals surface area contributed by atoms with Crippen LogP contribution in [-0.2, 0) is 6.42 Å². The van der Waals surface area contributed by atoms with Crippen molar-refractivity contribution in [3.8, 4) is 0 Å².